The lowest BCUT2D eigenvalue weighted by Crippen LogP contribution is -2.27. The van der Waals surface area contributed by atoms with E-state index in [4.69, 9.17) is 0 Å². The first-order valence-electron chi connectivity index (χ1n) is 9.57. The summed E-state index contributed by atoms with van der Waals surface area (Å²) >= 11 is 0. The van der Waals surface area contributed by atoms with Gasteiger partial charge in [0.1, 0.15) is 5.82 Å². The number of carbonyl (C=O) groups excluding carboxylic acids is 1. The largest absolute Gasteiger partial charge is 0.412 e. The molecule has 0 aliphatic carbocycles. The fraction of sp³-hybridized carbons (Fsp3) is 0.318. The van der Waals surface area contributed by atoms with Gasteiger partial charge in [-0.15, -0.1) is 0 Å². The summed E-state index contributed by atoms with van der Waals surface area (Å²) in [5.41, 5.74) is -0.878. The van der Waals surface area contributed by atoms with Gasteiger partial charge in [0, 0.05) is 12.1 Å². The molecule has 32 heavy (non-hydrogen) atoms. The summed E-state index contributed by atoms with van der Waals surface area (Å²) < 4.78 is 79.0. The van der Waals surface area contributed by atoms with Gasteiger partial charge in [-0.25, -0.2) is 12.8 Å². The first kappa shape index (κ1) is 25.4. The summed E-state index contributed by atoms with van der Waals surface area (Å²) in [5.74, 6) is -1.66. The van der Waals surface area contributed by atoms with Crippen molar-refractivity contribution >= 4 is 21.6 Å². The molecule has 174 valence electrons. The predicted octanol–water partition coefficient (Wildman–Crippen LogP) is 5.16. The van der Waals surface area contributed by atoms with Crippen LogP contribution in [0.3, 0.4) is 0 Å². The Hall–Kier alpha value is -2.88. The molecule has 5 nitrogen and oxygen atoms in total. The second-order valence-electron chi connectivity index (χ2n) is 8.18. The third kappa shape index (κ3) is 6.56. The number of hydrogen-bond acceptors (Lipinski definition) is 3. The Morgan fingerprint density at radius 3 is 2.16 bits per heavy atom. The first-order valence-corrected chi connectivity index (χ1v) is 11.1. The van der Waals surface area contributed by atoms with E-state index in [0.29, 0.717) is 0 Å². The van der Waals surface area contributed by atoms with Crippen LogP contribution >= 0.6 is 0 Å². The van der Waals surface area contributed by atoms with Crippen LogP contribution in [0, 0.1) is 5.82 Å². The molecule has 0 saturated heterocycles. The minimum Gasteiger partial charge on any atom is -0.352 e. The Morgan fingerprint density at radius 1 is 1.03 bits per heavy atom. The van der Waals surface area contributed by atoms with E-state index in [0.717, 1.165) is 23.8 Å². The second kappa shape index (κ2) is 9.32. The first-order chi connectivity index (χ1) is 14.6. The average Bonchev–Trinajstić information content (AvgIpc) is 2.66. The van der Waals surface area contributed by atoms with Crippen molar-refractivity contribution in [2.24, 2.45) is 0 Å². The van der Waals surface area contributed by atoms with E-state index in [-0.39, 0.29) is 28.1 Å². The monoisotopic (exact) mass is 472 g/mol. The molecular formula is C22H24F4N2O3S. The summed E-state index contributed by atoms with van der Waals surface area (Å²) in [6.07, 6.45) is -5.12. The van der Waals surface area contributed by atoms with Crippen molar-refractivity contribution in [3.05, 3.63) is 71.6 Å². The fourth-order valence-electron chi connectivity index (χ4n) is 2.70. The molecule has 0 spiro atoms. The zero-order chi connectivity index (χ0) is 24.3. The Labute approximate surface area is 184 Å². The summed E-state index contributed by atoms with van der Waals surface area (Å²) in [5, 5.41) is 2.25. The van der Waals surface area contributed by atoms with Crippen LogP contribution < -0.4 is 10.0 Å². The third-order valence-electron chi connectivity index (χ3n) is 4.61. The van der Waals surface area contributed by atoms with Crippen molar-refractivity contribution in [2.75, 3.05) is 11.3 Å². The van der Waals surface area contributed by atoms with Gasteiger partial charge in [-0.3, -0.25) is 9.52 Å². The van der Waals surface area contributed by atoms with Crippen molar-refractivity contribution in [3.8, 4) is 0 Å². The lowest BCUT2D eigenvalue weighted by Gasteiger charge is -2.19. The highest BCUT2D eigenvalue weighted by Gasteiger charge is 2.31. The predicted molar refractivity (Wildman–Crippen MR) is 114 cm³/mol. The molecule has 0 aromatic heterocycles. The summed E-state index contributed by atoms with van der Waals surface area (Å²) in [6, 6.07) is 8.91. The van der Waals surface area contributed by atoms with E-state index in [1.165, 1.54) is 12.1 Å². The molecule has 0 saturated carbocycles. The van der Waals surface area contributed by atoms with E-state index in [1.807, 2.05) is 20.8 Å². The molecule has 2 rings (SSSR count). The Balaban J connectivity index is 2.22. The Kier molecular flexibility index (Phi) is 7.39. The number of hydrogen-bond donors (Lipinski definition) is 2. The lowest BCUT2D eigenvalue weighted by atomic mass is 9.87. The molecule has 1 amide bonds. The van der Waals surface area contributed by atoms with Crippen LogP contribution in [0.5, 0.6) is 0 Å². The molecule has 2 aromatic carbocycles. The van der Waals surface area contributed by atoms with Gasteiger partial charge in [0.25, 0.3) is 15.9 Å². The number of benzene rings is 2. The van der Waals surface area contributed by atoms with Crippen LogP contribution in [0.4, 0.5) is 23.2 Å². The lowest BCUT2D eigenvalue weighted by molar-refractivity contribution is -0.0934. The highest BCUT2D eigenvalue weighted by molar-refractivity contribution is 7.92. The van der Waals surface area contributed by atoms with Gasteiger partial charge in [-0.05, 0) is 47.7 Å². The number of halogens is 4. The second-order valence-corrected chi connectivity index (χ2v) is 9.86. The molecule has 0 aliphatic rings. The molecule has 0 atom stereocenters. The third-order valence-corrected chi connectivity index (χ3v) is 6.00. The summed E-state index contributed by atoms with van der Waals surface area (Å²) in [7, 11) is -4.16. The normalized spacial score (nSPS) is 12.3. The molecule has 10 heteroatoms. The van der Waals surface area contributed by atoms with Crippen molar-refractivity contribution in [1.82, 2.24) is 5.32 Å². The van der Waals surface area contributed by atoms with Crippen molar-refractivity contribution in [2.45, 2.75) is 43.7 Å². The van der Waals surface area contributed by atoms with E-state index in [9.17, 15) is 30.8 Å². The minimum absolute atomic E-state index is 0.0948. The van der Waals surface area contributed by atoms with Gasteiger partial charge < -0.3 is 5.32 Å². The molecule has 0 unspecified atom stereocenters. The van der Waals surface area contributed by atoms with Gasteiger partial charge in [0.2, 0.25) is 0 Å². The number of sulfonamides is 1. The standard InChI is InChI=1S/C22H24F4N2O3S/c1-14(22(24,25)26)11-12-27-20(29)18-10-7-16(23)13-19(18)28-32(30,31)17-8-5-15(6-9-17)21(2,3)4/h5-10,13,28H,1,11-12H2,2-4H3,(H,27,29). The van der Waals surface area contributed by atoms with Crippen molar-refractivity contribution in [3.63, 3.8) is 0 Å². The molecule has 2 N–H and O–H groups in total. The number of amides is 1. The quantitative estimate of drug-likeness (QED) is 0.432. The zero-order valence-electron chi connectivity index (χ0n) is 17.8. The molecule has 2 aromatic rings. The van der Waals surface area contributed by atoms with Crippen molar-refractivity contribution in [1.29, 1.82) is 0 Å². The highest BCUT2D eigenvalue weighted by Crippen LogP contribution is 2.27. The van der Waals surface area contributed by atoms with E-state index >= 15 is 0 Å². The van der Waals surface area contributed by atoms with Gasteiger partial charge >= 0.3 is 6.18 Å². The van der Waals surface area contributed by atoms with Crippen LogP contribution in [0.25, 0.3) is 0 Å². The van der Waals surface area contributed by atoms with E-state index in [1.54, 1.807) is 12.1 Å². The SMILES string of the molecule is C=C(CCNC(=O)c1ccc(F)cc1NS(=O)(=O)c1ccc(C(C)(C)C)cc1)C(F)(F)F. The van der Waals surface area contributed by atoms with Gasteiger partial charge in [-0.2, -0.15) is 13.2 Å². The van der Waals surface area contributed by atoms with Crippen LogP contribution in [0.1, 0.15) is 43.1 Å². The summed E-state index contributed by atoms with van der Waals surface area (Å²) in [6.45, 7) is 8.44. The van der Waals surface area contributed by atoms with E-state index < -0.39 is 39.9 Å². The molecule has 0 heterocycles. The van der Waals surface area contributed by atoms with Crippen LogP contribution in [0.15, 0.2) is 59.5 Å². The number of nitrogens with one attached hydrogen (secondary N) is 2. The molecule has 0 radical (unpaired) electrons. The minimum atomic E-state index is -4.58. The van der Waals surface area contributed by atoms with E-state index in [2.05, 4.69) is 16.6 Å². The van der Waals surface area contributed by atoms with Crippen LogP contribution in [-0.2, 0) is 15.4 Å². The number of alkyl halides is 3. The zero-order valence-corrected chi connectivity index (χ0v) is 18.6. The van der Waals surface area contributed by atoms with Gasteiger partial charge in [0.05, 0.1) is 16.1 Å². The van der Waals surface area contributed by atoms with Gasteiger partial charge in [-0.1, -0.05) is 39.5 Å². The van der Waals surface area contributed by atoms with Crippen LogP contribution in [0.2, 0.25) is 0 Å². The molecular weight excluding hydrogens is 448 g/mol. The molecule has 0 aliphatic heterocycles. The maximum absolute atomic E-state index is 13.8. The summed E-state index contributed by atoms with van der Waals surface area (Å²) in [4.78, 5) is 12.3. The topological polar surface area (TPSA) is 75.3 Å². The highest BCUT2D eigenvalue weighted by atomic mass is 32.2. The molecule has 0 fully saturated rings. The van der Waals surface area contributed by atoms with Gasteiger partial charge in [0.15, 0.2) is 0 Å². The average molecular weight is 473 g/mol. The smallest absolute Gasteiger partial charge is 0.352 e. The Morgan fingerprint density at radius 2 is 1.62 bits per heavy atom. The van der Waals surface area contributed by atoms with Crippen molar-refractivity contribution < 1.29 is 30.8 Å². The molecule has 0 bridgehead atoms. The van der Waals surface area contributed by atoms with Crippen LogP contribution in [-0.4, -0.2) is 27.0 Å². The Bertz CT molecular complexity index is 1100. The maximum atomic E-state index is 13.8. The number of rotatable bonds is 7. The number of carbonyl (C=O) groups is 1. The fourth-order valence-corrected chi connectivity index (χ4v) is 3.77. The maximum Gasteiger partial charge on any atom is 0.412 e. The number of anilines is 1.